The fourth-order valence-corrected chi connectivity index (χ4v) is 2.56. The van der Waals surface area contributed by atoms with Crippen molar-refractivity contribution in [2.45, 2.75) is 59.1 Å². The third-order valence-electron chi connectivity index (χ3n) is 4.17. The third-order valence-corrected chi connectivity index (χ3v) is 4.17. The maximum absolute atomic E-state index is 12.6. The van der Waals surface area contributed by atoms with E-state index in [1.165, 1.54) is 0 Å². The first-order valence-corrected chi connectivity index (χ1v) is 9.54. The second kappa shape index (κ2) is 8.55. The summed E-state index contributed by atoms with van der Waals surface area (Å²) in [4.78, 5) is 24.3. The van der Waals surface area contributed by atoms with Crippen LogP contribution in [0.4, 0.5) is 10.5 Å². The number of hydrogen-bond donors (Lipinski definition) is 3. The van der Waals surface area contributed by atoms with E-state index in [-0.39, 0.29) is 34.8 Å². The summed E-state index contributed by atoms with van der Waals surface area (Å²) in [5.41, 5.74) is 2.07. The highest BCUT2D eigenvalue weighted by Gasteiger charge is 2.19. The predicted molar refractivity (Wildman–Crippen MR) is 114 cm³/mol. The SMILES string of the molecule is CC(C)(C)NC(=O)OCc1ccc(NC(=O)c2cc(C(C)(C)C)ccc2O)cc1. The van der Waals surface area contributed by atoms with Crippen LogP contribution in [0.15, 0.2) is 42.5 Å². The molecule has 0 aliphatic heterocycles. The van der Waals surface area contributed by atoms with Gasteiger partial charge in [0.15, 0.2) is 0 Å². The Balaban J connectivity index is 2.01. The Kier molecular flexibility index (Phi) is 6.57. The molecule has 0 heterocycles. The number of hydrogen-bond acceptors (Lipinski definition) is 4. The van der Waals surface area contributed by atoms with E-state index in [1.807, 2.05) is 47.6 Å². The lowest BCUT2D eigenvalue weighted by Gasteiger charge is -2.20. The lowest BCUT2D eigenvalue weighted by Crippen LogP contribution is -2.40. The smallest absolute Gasteiger partial charge is 0.407 e. The third kappa shape index (κ3) is 6.82. The number of ether oxygens (including phenoxy) is 1. The number of carbonyl (C=O) groups is 2. The van der Waals surface area contributed by atoms with Crippen molar-refractivity contribution in [2.75, 3.05) is 5.32 Å². The van der Waals surface area contributed by atoms with Gasteiger partial charge in [0.1, 0.15) is 12.4 Å². The van der Waals surface area contributed by atoms with E-state index in [0.717, 1.165) is 11.1 Å². The number of benzene rings is 2. The van der Waals surface area contributed by atoms with Crippen molar-refractivity contribution in [1.29, 1.82) is 0 Å². The van der Waals surface area contributed by atoms with Crippen LogP contribution in [0.1, 0.15) is 63.0 Å². The van der Waals surface area contributed by atoms with Crippen LogP contribution in [0.2, 0.25) is 0 Å². The predicted octanol–water partition coefficient (Wildman–Crippen LogP) is 4.97. The molecule has 0 unspecified atom stereocenters. The summed E-state index contributed by atoms with van der Waals surface area (Å²) in [6.07, 6.45) is -0.482. The van der Waals surface area contributed by atoms with Crippen molar-refractivity contribution >= 4 is 17.7 Å². The zero-order valence-corrected chi connectivity index (χ0v) is 17.9. The van der Waals surface area contributed by atoms with Gasteiger partial charge in [-0.25, -0.2) is 4.79 Å². The van der Waals surface area contributed by atoms with Gasteiger partial charge in [-0.1, -0.05) is 39.0 Å². The van der Waals surface area contributed by atoms with E-state index in [4.69, 9.17) is 4.74 Å². The average Bonchev–Trinajstić information content (AvgIpc) is 2.59. The molecular weight excluding hydrogens is 368 g/mol. The van der Waals surface area contributed by atoms with E-state index in [2.05, 4.69) is 10.6 Å². The summed E-state index contributed by atoms with van der Waals surface area (Å²) in [7, 11) is 0. The molecular formula is C23H30N2O4. The zero-order valence-electron chi connectivity index (χ0n) is 17.9. The van der Waals surface area contributed by atoms with Gasteiger partial charge in [-0.3, -0.25) is 4.79 Å². The van der Waals surface area contributed by atoms with Gasteiger partial charge in [0.05, 0.1) is 5.56 Å². The average molecular weight is 399 g/mol. The van der Waals surface area contributed by atoms with Crippen molar-refractivity contribution in [3.05, 3.63) is 59.2 Å². The van der Waals surface area contributed by atoms with Crippen molar-refractivity contribution in [2.24, 2.45) is 0 Å². The summed E-state index contributed by atoms with van der Waals surface area (Å²) in [6, 6.07) is 12.1. The zero-order chi connectivity index (χ0) is 21.8. The topological polar surface area (TPSA) is 87.7 Å². The molecule has 0 radical (unpaired) electrons. The van der Waals surface area contributed by atoms with Crippen molar-refractivity contribution < 1.29 is 19.4 Å². The molecule has 3 N–H and O–H groups in total. The fourth-order valence-electron chi connectivity index (χ4n) is 2.56. The maximum atomic E-state index is 12.6. The molecule has 0 spiro atoms. The maximum Gasteiger partial charge on any atom is 0.407 e. The number of alkyl carbamates (subject to hydrolysis) is 1. The highest BCUT2D eigenvalue weighted by atomic mass is 16.5. The lowest BCUT2D eigenvalue weighted by atomic mass is 9.86. The summed E-state index contributed by atoms with van der Waals surface area (Å²) >= 11 is 0. The van der Waals surface area contributed by atoms with Gasteiger partial charge >= 0.3 is 6.09 Å². The number of amides is 2. The Morgan fingerprint density at radius 2 is 1.59 bits per heavy atom. The van der Waals surface area contributed by atoms with Crippen molar-refractivity contribution in [1.82, 2.24) is 5.32 Å². The number of carbonyl (C=O) groups excluding carboxylic acids is 2. The normalized spacial score (nSPS) is 11.7. The van der Waals surface area contributed by atoms with Crippen LogP contribution in [-0.2, 0) is 16.8 Å². The molecule has 2 amide bonds. The molecule has 2 aromatic rings. The van der Waals surface area contributed by atoms with Crippen LogP contribution in [-0.4, -0.2) is 22.6 Å². The molecule has 0 saturated heterocycles. The first-order valence-electron chi connectivity index (χ1n) is 9.54. The molecule has 0 saturated carbocycles. The van der Waals surface area contributed by atoms with Gasteiger partial charge in [-0.15, -0.1) is 0 Å². The van der Waals surface area contributed by atoms with E-state index < -0.39 is 6.09 Å². The molecule has 29 heavy (non-hydrogen) atoms. The quantitative estimate of drug-likeness (QED) is 0.679. The Labute approximate surface area is 172 Å². The number of rotatable bonds is 4. The van der Waals surface area contributed by atoms with Crippen LogP contribution in [0.3, 0.4) is 0 Å². The van der Waals surface area contributed by atoms with E-state index >= 15 is 0 Å². The summed E-state index contributed by atoms with van der Waals surface area (Å²) in [5, 5.41) is 15.6. The van der Waals surface area contributed by atoms with Crippen molar-refractivity contribution in [3.63, 3.8) is 0 Å². The summed E-state index contributed by atoms with van der Waals surface area (Å²) < 4.78 is 5.18. The Bertz CT molecular complexity index is 875. The highest BCUT2D eigenvalue weighted by Crippen LogP contribution is 2.28. The standard InChI is InChI=1S/C23H30N2O4/c1-22(2,3)16-9-12-19(26)18(13-16)20(27)24-17-10-7-15(8-11-17)14-29-21(28)25-23(4,5)6/h7-13,26H,14H2,1-6H3,(H,24,27)(H,25,28). The molecule has 0 fully saturated rings. The molecule has 2 aromatic carbocycles. The van der Waals surface area contributed by atoms with Gasteiger partial charge in [0.25, 0.3) is 5.91 Å². The molecule has 0 bridgehead atoms. The monoisotopic (exact) mass is 398 g/mol. The molecule has 6 nitrogen and oxygen atoms in total. The molecule has 156 valence electrons. The van der Waals surface area contributed by atoms with Gasteiger partial charge in [-0.05, 0) is 61.6 Å². The van der Waals surface area contributed by atoms with Crippen LogP contribution < -0.4 is 10.6 Å². The molecule has 0 aromatic heterocycles. The minimum atomic E-state index is -0.482. The van der Waals surface area contributed by atoms with Crippen LogP contribution in [0, 0.1) is 0 Å². The molecule has 0 atom stereocenters. The number of phenolic OH excluding ortho intramolecular Hbond substituents is 1. The van der Waals surface area contributed by atoms with Gasteiger partial charge in [0.2, 0.25) is 0 Å². The minimum absolute atomic E-state index is 0.0645. The van der Waals surface area contributed by atoms with Crippen LogP contribution >= 0.6 is 0 Å². The van der Waals surface area contributed by atoms with Gasteiger partial charge in [0, 0.05) is 11.2 Å². The number of phenols is 1. The fraction of sp³-hybridized carbons (Fsp3) is 0.391. The van der Waals surface area contributed by atoms with Crippen LogP contribution in [0.25, 0.3) is 0 Å². The number of nitrogens with one attached hydrogen (secondary N) is 2. The second-order valence-corrected chi connectivity index (χ2v) is 9.08. The van der Waals surface area contributed by atoms with Crippen molar-refractivity contribution in [3.8, 4) is 5.75 Å². The second-order valence-electron chi connectivity index (χ2n) is 9.08. The Hall–Kier alpha value is -3.02. The Morgan fingerprint density at radius 1 is 0.966 bits per heavy atom. The first kappa shape index (κ1) is 22.3. The van der Waals surface area contributed by atoms with Gasteiger partial charge < -0.3 is 20.5 Å². The molecule has 0 aliphatic carbocycles. The minimum Gasteiger partial charge on any atom is -0.507 e. The van der Waals surface area contributed by atoms with E-state index in [0.29, 0.717) is 5.69 Å². The molecule has 6 heteroatoms. The summed E-state index contributed by atoms with van der Waals surface area (Å²) in [5.74, 6) is -0.451. The molecule has 2 rings (SSSR count). The van der Waals surface area contributed by atoms with Crippen LogP contribution in [0.5, 0.6) is 5.75 Å². The van der Waals surface area contributed by atoms with E-state index in [9.17, 15) is 14.7 Å². The number of aromatic hydroxyl groups is 1. The largest absolute Gasteiger partial charge is 0.507 e. The molecule has 0 aliphatic rings. The highest BCUT2D eigenvalue weighted by molar-refractivity contribution is 6.06. The summed E-state index contributed by atoms with van der Waals surface area (Å²) in [6.45, 7) is 11.9. The lowest BCUT2D eigenvalue weighted by molar-refractivity contribution is 0.102. The van der Waals surface area contributed by atoms with E-state index in [1.54, 1.807) is 36.4 Å². The Morgan fingerprint density at radius 3 is 2.14 bits per heavy atom. The number of anilines is 1. The first-order chi connectivity index (χ1) is 13.3. The van der Waals surface area contributed by atoms with Gasteiger partial charge in [-0.2, -0.15) is 0 Å².